The molecule has 0 saturated heterocycles. The molecule has 0 heterocycles. The van der Waals surface area contributed by atoms with Crippen LogP contribution in [0.2, 0.25) is 0 Å². The minimum absolute atomic E-state index is 0.0246. The van der Waals surface area contributed by atoms with Gasteiger partial charge in [-0.3, -0.25) is 4.79 Å². The van der Waals surface area contributed by atoms with Gasteiger partial charge in [0.25, 0.3) is 0 Å². The first-order valence-electron chi connectivity index (χ1n) is 10.2. The normalized spacial score (nSPS) is 13.5. The van der Waals surface area contributed by atoms with Gasteiger partial charge in [-0.05, 0) is 28.2 Å². The fourth-order valence-corrected chi connectivity index (χ4v) is 3.67. The van der Waals surface area contributed by atoms with Gasteiger partial charge < -0.3 is 20.5 Å². The number of carboxylic acid groups (broad SMARTS) is 1. The monoisotopic (exact) mass is 422 g/mol. The van der Waals surface area contributed by atoms with E-state index in [0.29, 0.717) is 0 Å². The molecule has 3 rings (SSSR count). The maximum absolute atomic E-state index is 12.1. The zero-order chi connectivity index (χ0) is 22.4. The lowest BCUT2D eigenvalue weighted by atomic mass is 9.98. The van der Waals surface area contributed by atoms with Crippen molar-refractivity contribution in [3.63, 3.8) is 0 Å². The highest BCUT2D eigenvalue weighted by Gasteiger charge is 2.29. The molecule has 31 heavy (non-hydrogen) atoms. The van der Waals surface area contributed by atoms with Gasteiger partial charge in [0.15, 0.2) is 0 Å². The second-order valence-electron chi connectivity index (χ2n) is 7.68. The van der Waals surface area contributed by atoms with Gasteiger partial charge in [-0.15, -0.1) is 0 Å². The highest BCUT2D eigenvalue weighted by molar-refractivity contribution is 5.91. The Bertz CT molecular complexity index is 953. The summed E-state index contributed by atoms with van der Waals surface area (Å²) in [6.45, 7) is 3.71. The minimum Gasteiger partial charge on any atom is -0.480 e. The summed E-state index contributed by atoms with van der Waals surface area (Å²) < 4.78 is 5.41. The van der Waals surface area contributed by atoms with Crippen molar-refractivity contribution in [3.8, 4) is 11.1 Å². The molecule has 162 valence electrons. The van der Waals surface area contributed by atoms with Crippen molar-refractivity contribution in [2.24, 2.45) is 5.92 Å². The van der Waals surface area contributed by atoms with Crippen LogP contribution in [0.25, 0.3) is 11.1 Å². The van der Waals surface area contributed by atoms with Gasteiger partial charge in [0.1, 0.15) is 12.6 Å². The predicted octanol–water partition coefficient (Wildman–Crippen LogP) is 3.31. The number of aliphatic carboxylic acids is 1. The van der Waals surface area contributed by atoms with Gasteiger partial charge >= 0.3 is 12.1 Å². The number of carbonyl (C=O) groups is 3. The van der Waals surface area contributed by atoms with Crippen LogP contribution in [0, 0.1) is 5.92 Å². The smallest absolute Gasteiger partial charge is 0.407 e. The molecule has 1 aliphatic rings. The number of amides is 2. The lowest BCUT2D eigenvalue weighted by Gasteiger charge is -2.16. The SMILES string of the molecule is CC(C)[C@H](NC(=O)/C=C/CNC(=O)OCC1c2ccccc2-c2ccccc21)C(=O)O. The van der Waals surface area contributed by atoms with Crippen LogP contribution in [0.1, 0.15) is 30.9 Å². The number of hydrogen-bond acceptors (Lipinski definition) is 4. The molecule has 2 aromatic carbocycles. The van der Waals surface area contributed by atoms with Gasteiger partial charge in [0.2, 0.25) is 5.91 Å². The number of benzene rings is 2. The van der Waals surface area contributed by atoms with Gasteiger partial charge in [-0.1, -0.05) is 68.5 Å². The molecule has 0 radical (unpaired) electrons. The number of rotatable bonds is 8. The zero-order valence-electron chi connectivity index (χ0n) is 17.5. The van der Waals surface area contributed by atoms with E-state index in [2.05, 4.69) is 22.8 Å². The summed E-state index contributed by atoms with van der Waals surface area (Å²) in [4.78, 5) is 35.0. The van der Waals surface area contributed by atoms with Crippen LogP contribution >= 0.6 is 0 Å². The Labute approximate surface area is 181 Å². The van der Waals surface area contributed by atoms with Crippen molar-refractivity contribution in [1.82, 2.24) is 10.6 Å². The van der Waals surface area contributed by atoms with Crippen molar-refractivity contribution in [3.05, 3.63) is 71.8 Å². The third kappa shape index (κ3) is 5.31. The minimum atomic E-state index is -1.09. The van der Waals surface area contributed by atoms with E-state index in [9.17, 15) is 14.4 Å². The molecule has 0 saturated carbocycles. The molecule has 3 N–H and O–H groups in total. The van der Waals surface area contributed by atoms with Crippen LogP contribution in [-0.2, 0) is 14.3 Å². The number of nitrogens with one attached hydrogen (secondary N) is 2. The van der Waals surface area contributed by atoms with Gasteiger partial charge in [0.05, 0.1) is 0 Å². The Morgan fingerprint density at radius 2 is 1.61 bits per heavy atom. The molecule has 0 fully saturated rings. The predicted molar refractivity (Wildman–Crippen MR) is 117 cm³/mol. The summed E-state index contributed by atoms with van der Waals surface area (Å²) in [6, 6.07) is 15.2. The fraction of sp³-hybridized carbons (Fsp3) is 0.292. The average molecular weight is 422 g/mol. The number of fused-ring (bicyclic) bond motifs is 3. The van der Waals surface area contributed by atoms with E-state index in [1.807, 2.05) is 36.4 Å². The van der Waals surface area contributed by atoms with E-state index in [-0.39, 0.29) is 25.0 Å². The molecule has 0 aliphatic heterocycles. The third-order valence-electron chi connectivity index (χ3n) is 5.21. The third-order valence-corrected chi connectivity index (χ3v) is 5.21. The summed E-state index contributed by atoms with van der Waals surface area (Å²) in [5.41, 5.74) is 4.57. The average Bonchev–Trinajstić information content (AvgIpc) is 3.07. The van der Waals surface area contributed by atoms with E-state index in [1.54, 1.807) is 13.8 Å². The Kier molecular flexibility index (Phi) is 7.07. The van der Waals surface area contributed by atoms with Gasteiger partial charge in [-0.25, -0.2) is 9.59 Å². The first-order chi connectivity index (χ1) is 14.9. The molecular weight excluding hydrogens is 396 g/mol. The van der Waals surface area contributed by atoms with Crippen LogP contribution in [0.4, 0.5) is 4.79 Å². The maximum atomic E-state index is 12.1. The van der Waals surface area contributed by atoms with Gasteiger partial charge in [-0.2, -0.15) is 0 Å². The summed E-state index contributed by atoms with van der Waals surface area (Å²) in [5, 5.41) is 14.1. The molecule has 0 bridgehead atoms. The van der Waals surface area contributed by atoms with E-state index in [0.717, 1.165) is 22.3 Å². The molecule has 0 spiro atoms. The van der Waals surface area contributed by atoms with Crippen LogP contribution in [0.5, 0.6) is 0 Å². The summed E-state index contributed by atoms with van der Waals surface area (Å²) >= 11 is 0. The number of hydrogen-bond donors (Lipinski definition) is 3. The fourth-order valence-electron chi connectivity index (χ4n) is 3.67. The van der Waals surface area contributed by atoms with Crippen LogP contribution in [0.15, 0.2) is 60.7 Å². The molecule has 1 aliphatic carbocycles. The summed E-state index contributed by atoms with van der Waals surface area (Å²) in [5.74, 6) is -1.89. The molecule has 0 unspecified atom stereocenters. The second kappa shape index (κ2) is 9.93. The second-order valence-corrected chi connectivity index (χ2v) is 7.68. The van der Waals surface area contributed by atoms with Gasteiger partial charge in [0, 0.05) is 18.5 Å². The Hall–Kier alpha value is -3.61. The van der Waals surface area contributed by atoms with Crippen molar-refractivity contribution < 1.29 is 24.2 Å². The highest BCUT2D eigenvalue weighted by atomic mass is 16.5. The van der Waals surface area contributed by atoms with E-state index < -0.39 is 24.0 Å². The zero-order valence-corrected chi connectivity index (χ0v) is 17.5. The van der Waals surface area contributed by atoms with Crippen molar-refractivity contribution in [2.45, 2.75) is 25.8 Å². The maximum Gasteiger partial charge on any atom is 0.407 e. The van der Waals surface area contributed by atoms with Crippen LogP contribution in [0.3, 0.4) is 0 Å². The van der Waals surface area contributed by atoms with Crippen LogP contribution < -0.4 is 10.6 Å². The summed E-state index contributed by atoms with van der Waals surface area (Å²) in [7, 11) is 0. The molecule has 1 atom stereocenters. The van der Waals surface area contributed by atoms with E-state index in [1.165, 1.54) is 12.2 Å². The van der Waals surface area contributed by atoms with Crippen molar-refractivity contribution >= 4 is 18.0 Å². The first-order valence-corrected chi connectivity index (χ1v) is 10.2. The molecule has 7 nitrogen and oxygen atoms in total. The number of alkyl carbamates (subject to hydrolysis) is 1. The van der Waals surface area contributed by atoms with E-state index >= 15 is 0 Å². The Morgan fingerprint density at radius 1 is 1.03 bits per heavy atom. The molecule has 2 aromatic rings. The Balaban J connectivity index is 1.49. The first kappa shape index (κ1) is 22.1. The number of ether oxygens (including phenoxy) is 1. The van der Waals surface area contributed by atoms with Crippen LogP contribution in [-0.4, -0.2) is 42.3 Å². The lowest BCUT2D eigenvalue weighted by Crippen LogP contribution is -2.43. The quantitative estimate of drug-likeness (QED) is 0.566. The van der Waals surface area contributed by atoms with E-state index in [4.69, 9.17) is 9.84 Å². The highest BCUT2D eigenvalue weighted by Crippen LogP contribution is 2.44. The standard InChI is InChI=1S/C24H26N2O5/c1-15(2)22(23(28)29)26-21(27)12-7-13-25-24(30)31-14-20-18-10-5-3-8-16(18)17-9-4-6-11-19(17)20/h3-12,15,20,22H,13-14H2,1-2H3,(H,25,30)(H,26,27)(H,28,29)/b12-7+/t22-/m0/s1. The molecular formula is C24H26N2O5. The van der Waals surface area contributed by atoms with Crippen molar-refractivity contribution in [1.29, 1.82) is 0 Å². The number of carboxylic acids is 1. The van der Waals surface area contributed by atoms with Crippen molar-refractivity contribution in [2.75, 3.05) is 13.2 Å². The largest absolute Gasteiger partial charge is 0.480 e. The summed E-state index contributed by atoms with van der Waals surface area (Å²) in [6.07, 6.45) is 2.05. The molecule has 0 aromatic heterocycles. The topological polar surface area (TPSA) is 105 Å². The lowest BCUT2D eigenvalue weighted by molar-refractivity contribution is -0.142. The number of carbonyl (C=O) groups excluding carboxylic acids is 2. The molecule has 7 heteroatoms. The Morgan fingerprint density at radius 3 is 2.16 bits per heavy atom. The molecule has 2 amide bonds.